The Hall–Kier alpha value is -2.54. The standard InChI is InChI=1S/C16H18BrNO.C2H2O4/c1-11-6-12(2)8-15(7-11)18-10-13-9-14(17)4-5-16(13)19-3;3-1(4)2(5)6/h4-9,18H,10H2,1-3H3;(H,3,4)(H,5,6). The van der Waals surface area contributed by atoms with Gasteiger partial charge in [0.15, 0.2) is 0 Å². The number of hydrogen-bond donors (Lipinski definition) is 3. The largest absolute Gasteiger partial charge is 0.496 e. The van der Waals surface area contributed by atoms with Crippen LogP contribution in [0.1, 0.15) is 16.7 Å². The van der Waals surface area contributed by atoms with Crippen molar-refractivity contribution in [1.29, 1.82) is 0 Å². The van der Waals surface area contributed by atoms with E-state index in [0.717, 1.165) is 28.0 Å². The first-order valence-corrected chi connectivity index (χ1v) is 8.13. The third-order valence-corrected chi connectivity index (χ3v) is 3.62. The first kappa shape index (κ1) is 20.5. The Balaban J connectivity index is 0.000000450. The Morgan fingerprint density at radius 2 is 1.60 bits per heavy atom. The smallest absolute Gasteiger partial charge is 0.414 e. The molecule has 3 N–H and O–H groups in total. The van der Waals surface area contributed by atoms with Crippen LogP contribution in [-0.4, -0.2) is 29.3 Å². The Morgan fingerprint density at radius 1 is 1.04 bits per heavy atom. The van der Waals surface area contributed by atoms with Gasteiger partial charge in [-0.25, -0.2) is 9.59 Å². The molecule has 0 atom stereocenters. The highest BCUT2D eigenvalue weighted by Gasteiger charge is 2.04. The summed E-state index contributed by atoms with van der Waals surface area (Å²) in [6, 6.07) is 12.5. The molecular weight excluding hydrogens is 390 g/mol. The SMILES string of the molecule is COc1ccc(Br)cc1CNc1cc(C)cc(C)c1.O=C(O)C(=O)O. The van der Waals surface area contributed by atoms with Gasteiger partial charge in [-0.2, -0.15) is 0 Å². The second-order valence-electron chi connectivity index (χ2n) is 5.30. The lowest BCUT2D eigenvalue weighted by Gasteiger charge is -2.12. The second-order valence-corrected chi connectivity index (χ2v) is 6.21. The zero-order valence-electron chi connectivity index (χ0n) is 14.2. The zero-order valence-corrected chi connectivity index (χ0v) is 15.8. The van der Waals surface area contributed by atoms with Crippen LogP contribution in [0.3, 0.4) is 0 Å². The van der Waals surface area contributed by atoms with Crippen molar-refractivity contribution in [3.8, 4) is 5.75 Å². The molecular formula is C18H20BrNO5. The molecule has 0 aromatic heterocycles. The highest BCUT2D eigenvalue weighted by Crippen LogP contribution is 2.24. The number of aryl methyl sites for hydroxylation is 2. The van der Waals surface area contributed by atoms with Crippen LogP contribution in [0.25, 0.3) is 0 Å². The molecule has 0 bridgehead atoms. The summed E-state index contributed by atoms with van der Waals surface area (Å²) in [5.41, 5.74) is 4.81. The summed E-state index contributed by atoms with van der Waals surface area (Å²) in [5.74, 6) is -2.75. The lowest BCUT2D eigenvalue weighted by Crippen LogP contribution is -2.09. The molecule has 0 heterocycles. The monoisotopic (exact) mass is 409 g/mol. The maximum absolute atomic E-state index is 9.10. The number of nitrogens with one attached hydrogen (secondary N) is 1. The van der Waals surface area contributed by atoms with Gasteiger partial charge < -0.3 is 20.3 Å². The lowest BCUT2D eigenvalue weighted by atomic mass is 10.1. The van der Waals surface area contributed by atoms with Gasteiger partial charge in [-0.3, -0.25) is 0 Å². The first-order chi connectivity index (χ1) is 11.7. The number of halogens is 1. The van der Waals surface area contributed by atoms with E-state index in [-0.39, 0.29) is 0 Å². The van der Waals surface area contributed by atoms with Crippen molar-refractivity contribution in [2.45, 2.75) is 20.4 Å². The molecule has 0 aliphatic carbocycles. The molecule has 0 amide bonds. The van der Waals surface area contributed by atoms with Gasteiger partial charge in [0, 0.05) is 22.3 Å². The summed E-state index contributed by atoms with van der Waals surface area (Å²) < 4.78 is 6.44. The summed E-state index contributed by atoms with van der Waals surface area (Å²) >= 11 is 3.49. The fourth-order valence-corrected chi connectivity index (χ4v) is 2.57. The number of hydrogen-bond acceptors (Lipinski definition) is 4. The molecule has 0 aliphatic heterocycles. The van der Waals surface area contributed by atoms with E-state index in [4.69, 9.17) is 24.5 Å². The minimum Gasteiger partial charge on any atom is -0.496 e. The van der Waals surface area contributed by atoms with Gasteiger partial charge in [-0.05, 0) is 55.3 Å². The van der Waals surface area contributed by atoms with E-state index < -0.39 is 11.9 Å². The number of benzene rings is 2. The van der Waals surface area contributed by atoms with Crippen molar-refractivity contribution in [2.75, 3.05) is 12.4 Å². The van der Waals surface area contributed by atoms with E-state index in [2.05, 4.69) is 59.4 Å². The summed E-state index contributed by atoms with van der Waals surface area (Å²) in [6.45, 7) is 4.96. The van der Waals surface area contributed by atoms with E-state index in [9.17, 15) is 0 Å². The third-order valence-electron chi connectivity index (χ3n) is 3.13. The molecule has 0 spiro atoms. The molecule has 6 nitrogen and oxygen atoms in total. The van der Waals surface area contributed by atoms with Gasteiger partial charge in [0.05, 0.1) is 7.11 Å². The van der Waals surface area contributed by atoms with Gasteiger partial charge in [0.25, 0.3) is 0 Å². The predicted octanol–water partition coefficient (Wildman–Crippen LogP) is 3.84. The van der Waals surface area contributed by atoms with E-state index in [1.165, 1.54) is 11.1 Å². The predicted molar refractivity (Wildman–Crippen MR) is 99.2 cm³/mol. The average Bonchev–Trinajstić information content (AvgIpc) is 2.52. The van der Waals surface area contributed by atoms with Crippen molar-refractivity contribution < 1.29 is 24.5 Å². The van der Waals surface area contributed by atoms with E-state index in [0.29, 0.717) is 0 Å². The number of ether oxygens (including phenoxy) is 1. The second kappa shape index (κ2) is 9.68. The molecule has 134 valence electrons. The quantitative estimate of drug-likeness (QED) is 0.663. The zero-order chi connectivity index (χ0) is 19.0. The summed E-state index contributed by atoms with van der Waals surface area (Å²) in [5, 5.41) is 18.2. The molecule has 2 aromatic rings. The fraction of sp³-hybridized carbons (Fsp3) is 0.222. The fourth-order valence-electron chi connectivity index (χ4n) is 2.16. The first-order valence-electron chi connectivity index (χ1n) is 7.33. The number of carboxylic acids is 2. The average molecular weight is 410 g/mol. The minimum atomic E-state index is -1.82. The molecule has 0 radical (unpaired) electrons. The Kier molecular flexibility index (Phi) is 7.94. The van der Waals surface area contributed by atoms with Gasteiger partial charge in [0.1, 0.15) is 5.75 Å². The normalized spacial score (nSPS) is 9.60. The summed E-state index contributed by atoms with van der Waals surface area (Å²) in [6.07, 6.45) is 0. The number of anilines is 1. The Labute approximate surface area is 154 Å². The van der Waals surface area contributed by atoms with Crippen LogP contribution < -0.4 is 10.1 Å². The number of aliphatic carboxylic acids is 2. The van der Waals surface area contributed by atoms with Crippen LogP contribution in [-0.2, 0) is 16.1 Å². The summed E-state index contributed by atoms with van der Waals surface area (Å²) in [7, 11) is 1.70. The number of carboxylic acid groups (broad SMARTS) is 2. The van der Waals surface area contributed by atoms with Gasteiger partial charge in [-0.1, -0.05) is 22.0 Å². The maximum Gasteiger partial charge on any atom is 0.414 e. The number of rotatable bonds is 4. The molecule has 2 rings (SSSR count). The molecule has 0 unspecified atom stereocenters. The Morgan fingerprint density at radius 3 is 2.08 bits per heavy atom. The van der Waals surface area contributed by atoms with Crippen LogP contribution in [0.5, 0.6) is 5.75 Å². The van der Waals surface area contributed by atoms with Crippen LogP contribution in [0.15, 0.2) is 40.9 Å². The van der Waals surface area contributed by atoms with Crippen molar-refractivity contribution in [1.82, 2.24) is 0 Å². The molecule has 0 saturated heterocycles. The van der Waals surface area contributed by atoms with Gasteiger partial charge in [0.2, 0.25) is 0 Å². The maximum atomic E-state index is 9.10. The third kappa shape index (κ3) is 7.26. The van der Waals surface area contributed by atoms with E-state index in [1.807, 2.05) is 12.1 Å². The summed E-state index contributed by atoms with van der Waals surface area (Å²) in [4.78, 5) is 18.2. The van der Waals surface area contributed by atoms with Crippen molar-refractivity contribution >= 4 is 33.6 Å². The highest BCUT2D eigenvalue weighted by molar-refractivity contribution is 9.10. The minimum absolute atomic E-state index is 0.742. The number of methoxy groups -OCH3 is 1. The Bertz CT molecular complexity index is 729. The molecule has 7 heteroatoms. The molecule has 0 fully saturated rings. The van der Waals surface area contributed by atoms with Crippen molar-refractivity contribution in [3.05, 3.63) is 57.6 Å². The number of carbonyl (C=O) groups is 2. The molecule has 25 heavy (non-hydrogen) atoms. The van der Waals surface area contributed by atoms with Crippen molar-refractivity contribution in [3.63, 3.8) is 0 Å². The topological polar surface area (TPSA) is 95.9 Å². The van der Waals surface area contributed by atoms with Gasteiger partial charge >= 0.3 is 11.9 Å². The molecule has 0 saturated carbocycles. The van der Waals surface area contributed by atoms with Crippen LogP contribution in [0.4, 0.5) is 5.69 Å². The van der Waals surface area contributed by atoms with Gasteiger partial charge in [-0.15, -0.1) is 0 Å². The van der Waals surface area contributed by atoms with E-state index in [1.54, 1.807) is 7.11 Å². The van der Waals surface area contributed by atoms with Crippen LogP contribution >= 0.6 is 15.9 Å². The highest BCUT2D eigenvalue weighted by atomic mass is 79.9. The van der Waals surface area contributed by atoms with Crippen LogP contribution in [0, 0.1) is 13.8 Å². The lowest BCUT2D eigenvalue weighted by molar-refractivity contribution is -0.159. The van der Waals surface area contributed by atoms with E-state index >= 15 is 0 Å². The van der Waals surface area contributed by atoms with Crippen molar-refractivity contribution in [2.24, 2.45) is 0 Å². The van der Waals surface area contributed by atoms with Crippen LogP contribution in [0.2, 0.25) is 0 Å². The molecule has 2 aromatic carbocycles. The molecule has 0 aliphatic rings.